The van der Waals surface area contributed by atoms with Gasteiger partial charge in [-0.1, -0.05) is 19.3 Å². The second-order valence-electron chi connectivity index (χ2n) is 8.31. The molecular weight excluding hydrogens is 260 g/mol. The van der Waals surface area contributed by atoms with E-state index in [4.69, 9.17) is 4.74 Å². The third-order valence-corrected chi connectivity index (χ3v) is 4.87. The van der Waals surface area contributed by atoms with Gasteiger partial charge in [0.2, 0.25) is 0 Å². The summed E-state index contributed by atoms with van der Waals surface area (Å²) in [5.74, 6) is 0.934. The van der Waals surface area contributed by atoms with Gasteiger partial charge in [0.1, 0.15) is 0 Å². The van der Waals surface area contributed by atoms with Crippen LogP contribution < -0.4 is 5.32 Å². The van der Waals surface area contributed by atoms with Gasteiger partial charge in [0, 0.05) is 25.2 Å². The second kappa shape index (κ2) is 7.94. The molecular formula is C18H36N2O. The molecule has 2 rings (SSSR count). The fourth-order valence-corrected chi connectivity index (χ4v) is 3.72. The van der Waals surface area contributed by atoms with E-state index in [-0.39, 0.29) is 5.54 Å². The molecule has 0 amide bonds. The predicted octanol–water partition coefficient (Wildman–Crippen LogP) is 3.43. The van der Waals surface area contributed by atoms with Crippen molar-refractivity contribution in [3.05, 3.63) is 0 Å². The normalized spacial score (nSPS) is 28.4. The number of rotatable bonds is 6. The molecule has 2 fully saturated rings. The number of nitrogens with zero attached hydrogens (tertiary/aromatic N) is 1. The summed E-state index contributed by atoms with van der Waals surface area (Å²) in [5, 5.41) is 3.56. The SMILES string of the molecule is CN(CC1CCCCC1)CC1CCC(CNC(C)(C)C)O1. The Morgan fingerprint density at radius 3 is 2.29 bits per heavy atom. The Morgan fingerprint density at radius 2 is 1.62 bits per heavy atom. The fourth-order valence-electron chi connectivity index (χ4n) is 3.72. The maximum absolute atomic E-state index is 6.21. The van der Waals surface area contributed by atoms with Crippen LogP contribution in [0.1, 0.15) is 65.7 Å². The molecule has 3 nitrogen and oxygen atoms in total. The first-order valence-corrected chi connectivity index (χ1v) is 9.01. The Labute approximate surface area is 131 Å². The summed E-state index contributed by atoms with van der Waals surface area (Å²) in [4.78, 5) is 2.51. The van der Waals surface area contributed by atoms with Gasteiger partial charge in [0.05, 0.1) is 12.2 Å². The average Bonchev–Trinajstić information content (AvgIpc) is 2.84. The van der Waals surface area contributed by atoms with Crippen molar-refractivity contribution in [2.45, 2.75) is 83.5 Å². The number of hydrogen-bond acceptors (Lipinski definition) is 3. The minimum absolute atomic E-state index is 0.194. The zero-order valence-electron chi connectivity index (χ0n) is 14.7. The molecule has 3 heteroatoms. The van der Waals surface area contributed by atoms with Crippen molar-refractivity contribution in [3.8, 4) is 0 Å². The molecule has 2 atom stereocenters. The van der Waals surface area contributed by atoms with Gasteiger partial charge in [-0.25, -0.2) is 0 Å². The van der Waals surface area contributed by atoms with E-state index < -0.39 is 0 Å². The molecule has 0 aromatic heterocycles. The van der Waals surface area contributed by atoms with Crippen molar-refractivity contribution < 1.29 is 4.74 Å². The zero-order chi connectivity index (χ0) is 15.3. The first-order valence-electron chi connectivity index (χ1n) is 9.01. The van der Waals surface area contributed by atoms with Crippen LogP contribution in [0.4, 0.5) is 0 Å². The second-order valence-corrected chi connectivity index (χ2v) is 8.31. The van der Waals surface area contributed by atoms with E-state index in [1.54, 1.807) is 0 Å². The lowest BCUT2D eigenvalue weighted by Gasteiger charge is -2.29. The summed E-state index contributed by atoms with van der Waals surface area (Å²) in [6.07, 6.45) is 10.5. The largest absolute Gasteiger partial charge is 0.372 e. The Bertz CT molecular complexity index is 294. The highest BCUT2D eigenvalue weighted by atomic mass is 16.5. The quantitative estimate of drug-likeness (QED) is 0.812. The van der Waals surface area contributed by atoms with Crippen LogP contribution in [-0.4, -0.2) is 49.3 Å². The number of ether oxygens (including phenoxy) is 1. The van der Waals surface area contributed by atoms with E-state index in [9.17, 15) is 0 Å². The van der Waals surface area contributed by atoms with Crippen LogP contribution >= 0.6 is 0 Å². The van der Waals surface area contributed by atoms with Crippen molar-refractivity contribution in [1.29, 1.82) is 0 Å². The molecule has 1 aliphatic heterocycles. The number of likely N-dealkylation sites (N-methyl/N-ethyl adjacent to an activating group) is 1. The molecule has 1 heterocycles. The van der Waals surface area contributed by atoms with Crippen LogP contribution in [0, 0.1) is 5.92 Å². The van der Waals surface area contributed by atoms with Gasteiger partial charge < -0.3 is 15.0 Å². The molecule has 2 aliphatic rings. The van der Waals surface area contributed by atoms with Crippen LogP contribution in [0.3, 0.4) is 0 Å². The van der Waals surface area contributed by atoms with Gasteiger partial charge in [0.15, 0.2) is 0 Å². The maximum atomic E-state index is 6.21. The zero-order valence-corrected chi connectivity index (χ0v) is 14.7. The highest BCUT2D eigenvalue weighted by molar-refractivity contribution is 4.81. The Balaban J connectivity index is 1.62. The standard InChI is InChI=1S/C18H36N2O/c1-18(2,3)19-12-16-10-11-17(21-16)14-20(4)13-15-8-6-5-7-9-15/h15-17,19H,5-14H2,1-4H3. The van der Waals surface area contributed by atoms with Crippen molar-refractivity contribution >= 4 is 0 Å². The third-order valence-electron chi connectivity index (χ3n) is 4.87. The first kappa shape index (κ1) is 17.2. The van der Waals surface area contributed by atoms with Crippen LogP contribution in [0.15, 0.2) is 0 Å². The Kier molecular flexibility index (Phi) is 6.51. The van der Waals surface area contributed by atoms with E-state index in [1.807, 2.05) is 0 Å². The Hall–Kier alpha value is -0.120. The lowest BCUT2D eigenvalue weighted by molar-refractivity contribution is 0.0221. The predicted molar refractivity (Wildman–Crippen MR) is 89.7 cm³/mol. The van der Waals surface area contributed by atoms with E-state index in [0.29, 0.717) is 12.2 Å². The Morgan fingerprint density at radius 1 is 0.952 bits per heavy atom. The third kappa shape index (κ3) is 6.66. The molecule has 1 aliphatic carbocycles. The van der Waals surface area contributed by atoms with Crippen molar-refractivity contribution in [1.82, 2.24) is 10.2 Å². The van der Waals surface area contributed by atoms with Crippen molar-refractivity contribution in [2.75, 3.05) is 26.7 Å². The topological polar surface area (TPSA) is 24.5 Å². The van der Waals surface area contributed by atoms with E-state index in [1.165, 1.54) is 51.5 Å². The minimum Gasteiger partial charge on any atom is -0.372 e. The van der Waals surface area contributed by atoms with Gasteiger partial charge in [0.25, 0.3) is 0 Å². The molecule has 0 spiro atoms. The molecule has 1 saturated carbocycles. The molecule has 21 heavy (non-hydrogen) atoms. The summed E-state index contributed by atoms with van der Waals surface area (Å²) in [7, 11) is 2.28. The molecule has 0 bridgehead atoms. The highest BCUT2D eigenvalue weighted by Crippen LogP contribution is 2.25. The fraction of sp³-hybridized carbons (Fsp3) is 1.00. The maximum Gasteiger partial charge on any atom is 0.0707 e. The smallest absolute Gasteiger partial charge is 0.0707 e. The van der Waals surface area contributed by atoms with Gasteiger partial charge in [-0.15, -0.1) is 0 Å². The lowest BCUT2D eigenvalue weighted by Crippen LogP contribution is -2.41. The van der Waals surface area contributed by atoms with Crippen LogP contribution in [0.5, 0.6) is 0 Å². The van der Waals surface area contributed by atoms with E-state index in [2.05, 4.69) is 38.0 Å². The van der Waals surface area contributed by atoms with Crippen LogP contribution in [0.25, 0.3) is 0 Å². The summed E-state index contributed by atoms with van der Waals surface area (Å²) >= 11 is 0. The summed E-state index contributed by atoms with van der Waals surface area (Å²) < 4.78 is 6.21. The van der Waals surface area contributed by atoms with Gasteiger partial charge in [-0.3, -0.25) is 0 Å². The van der Waals surface area contributed by atoms with E-state index in [0.717, 1.165) is 19.0 Å². The summed E-state index contributed by atoms with van der Waals surface area (Å²) in [5.41, 5.74) is 0.194. The molecule has 2 unspecified atom stereocenters. The van der Waals surface area contributed by atoms with Gasteiger partial charge in [-0.2, -0.15) is 0 Å². The molecule has 124 valence electrons. The summed E-state index contributed by atoms with van der Waals surface area (Å²) in [6, 6.07) is 0. The molecule has 0 aromatic carbocycles. The van der Waals surface area contributed by atoms with Crippen molar-refractivity contribution in [3.63, 3.8) is 0 Å². The number of hydrogen-bond donors (Lipinski definition) is 1. The average molecular weight is 296 g/mol. The molecule has 1 saturated heterocycles. The monoisotopic (exact) mass is 296 g/mol. The minimum atomic E-state index is 0.194. The first-order chi connectivity index (χ1) is 9.92. The van der Waals surface area contributed by atoms with Gasteiger partial charge >= 0.3 is 0 Å². The van der Waals surface area contributed by atoms with Crippen LogP contribution in [-0.2, 0) is 4.74 Å². The highest BCUT2D eigenvalue weighted by Gasteiger charge is 2.27. The molecule has 0 aromatic rings. The molecule has 0 radical (unpaired) electrons. The van der Waals surface area contributed by atoms with Crippen molar-refractivity contribution in [2.24, 2.45) is 5.92 Å². The molecule has 1 N–H and O–H groups in total. The summed E-state index contributed by atoms with van der Waals surface area (Å²) in [6.45, 7) is 10.0. The van der Waals surface area contributed by atoms with Gasteiger partial charge in [-0.05, 0) is 59.4 Å². The number of nitrogens with one attached hydrogen (secondary N) is 1. The van der Waals surface area contributed by atoms with E-state index >= 15 is 0 Å². The van der Waals surface area contributed by atoms with Crippen LogP contribution in [0.2, 0.25) is 0 Å². The lowest BCUT2D eigenvalue weighted by atomic mass is 9.89.